The van der Waals surface area contributed by atoms with Crippen molar-refractivity contribution in [1.29, 1.82) is 0 Å². The molecule has 0 spiro atoms. The van der Waals surface area contributed by atoms with E-state index in [2.05, 4.69) is 28.9 Å². The van der Waals surface area contributed by atoms with Crippen molar-refractivity contribution in [3.05, 3.63) is 23.4 Å². The van der Waals surface area contributed by atoms with Crippen LogP contribution >= 0.6 is 11.6 Å². The number of nitrogens with zero attached hydrogens (tertiary/aromatic N) is 3. The van der Waals surface area contributed by atoms with E-state index in [-0.39, 0.29) is 0 Å². The van der Waals surface area contributed by atoms with Crippen LogP contribution in [0.2, 0.25) is 5.02 Å². The minimum absolute atomic E-state index is 0.602. The fourth-order valence-electron chi connectivity index (χ4n) is 2.15. The summed E-state index contributed by atoms with van der Waals surface area (Å²) < 4.78 is 0. The Morgan fingerprint density at radius 2 is 1.89 bits per heavy atom. The van der Waals surface area contributed by atoms with Crippen molar-refractivity contribution < 1.29 is 0 Å². The van der Waals surface area contributed by atoms with E-state index in [1.54, 1.807) is 6.20 Å². The molecule has 3 nitrogen and oxygen atoms in total. The topological polar surface area (TPSA) is 19.4 Å². The van der Waals surface area contributed by atoms with Crippen LogP contribution in [0.1, 0.15) is 26.7 Å². The number of hydrogen-bond acceptors (Lipinski definition) is 3. The molecule has 2 rings (SSSR count). The summed E-state index contributed by atoms with van der Waals surface area (Å²) in [5.74, 6) is 1.01. The van der Waals surface area contributed by atoms with Crippen LogP contribution in [0.15, 0.2) is 18.3 Å². The number of piperidine rings is 1. The molecule has 1 aliphatic rings. The number of rotatable bonds is 2. The first-order valence-corrected chi connectivity index (χ1v) is 7.07. The van der Waals surface area contributed by atoms with E-state index in [0.29, 0.717) is 11.1 Å². The highest BCUT2D eigenvalue weighted by molar-refractivity contribution is 6.30. The number of hydrogen-bond donors (Lipinski definition) is 0. The van der Waals surface area contributed by atoms with Gasteiger partial charge in [-0.1, -0.05) is 25.4 Å². The van der Waals surface area contributed by atoms with E-state index in [9.17, 15) is 0 Å². The van der Waals surface area contributed by atoms with Gasteiger partial charge in [0.1, 0.15) is 5.82 Å². The van der Waals surface area contributed by atoms with Gasteiger partial charge in [0.15, 0.2) is 0 Å². The molecule has 2 heterocycles. The summed E-state index contributed by atoms with van der Waals surface area (Å²) in [7, 11) is 4.29. The molecule has 102 valence electrons. The standard InChI is InChI=1S/C12H18ClN3.C2H6/c1-15-7-5-11(6-8-15)16(2)12-4-3-10(13)9-14-12;1-2/h3-4,9,11H,5-8H2,1-2H3;1-2H3. The minimum Gasteiger partial charge on any atom is -0.357 e. The Kier molecular flexibility index (Phi) is 6.44. The third-order valence-corrected chi connectivity index (χ3v) is 3.53. The maximum Gasteiger partial charge on any atom is 0.128 e. The van der Waals surface area contributed by atoms with Gasteiger partial charge in [-0.25, -0.2) is 4.98 Å². The van der Waals surface area contributed by atoms with Gasteiger partial charge in [-0.3, -0.25) is 0 Å². The number of halogens is 1. The highest BCUT2D eigenvalue weighted by Crippen LogP contribution is 2.20. The van der Waals surface area contributed by atoms with Crippen molar-refractivity contribution in [2.45, 2.75) is 32.7 Å². The van der Waals surface area contributed by atoms with Crippen molar-refractivity contribution in [1.82, 2.24) is 9.88 Å². The molecule has 18 heavy (non-hydrogen) atoms. The first-order chi connectivity index (χ1) is 8.66. The Balaban J connectivity index is 0.000000771. The fourth-order valence-corrected chi connectivity index (χ4v) is 2.26. The lowest BCUT2D eigenvalue weighted by Crippen LogP contribution is -2.42. The lowest BCUT2D eigenvalue weighted by molar-refractivity contribution is 0.252. The third kappa shape index (κ3) is 4.14. The second-order valence-electron chi connectivity index (χ2n) is 4.48. The Hall–Kier alpha value is -0.800. The van der Waals surface area contributed by atoms with E-state index in [0.717, 1.165) is 5.82 Å². The van der Waals surface area contributed by atoms with E-state index >= 15 is 0 Å². The van der Waals surface area contributed by atoms with Gasteiger partial charge in [-0.15, -0.1) is 0 Å². The molecule has 0 aliphatic carbocycles. The molecule has 1 saturated heterocycles. The van der Waals surface area contributed by atoms with E-state index in [1.165, 1.54) is 25.9 Å². The first kappa shape index (κ1) is 15.3. The summed E-state index contributed by atoms with van der Waals surface area (Å²) in [6, 6.07) is 4.49. The Morgan fingerprint density at radius 3 is 2.39 bits per heavy atom. The Morgan fingerprint density at radius 1 is 1.28 bits per heavy atom. The predicted molar refractivity (Wildman–Crippen MR) is 79.5 cm³/mol. The van der Waals surface area contributed by atoms with Crippen LogP contribution in [0.3, 0.4) is 0 Å². The lowest BCUT2D eigenvalue weighted by Gasteiger charge is -2.35. The summed E-state index contributed by atoms with van der Waals surface area (Å²) in [5.41, 5.74) is 0. The fraction of sp³-hybridized carbons (Fsp3) is 0.643. The van der Waals surface area contributed by atoms with Gasteiger partial charge in [0, 0.05) is 19.3 Å². The van der Waals surface area contributed by atoms with Gasteiger partial charge in [-0.2, -0.15) is 0 Å². The Labute approximate surface area is 116 Å². The number of aromatic nitrogens is 1. The highest BCUT2D eigenvalue weighted by Gasteiger charge is 2.21. The van der Waals surface area contributed by atoms with Gasteiger partial charge < -0.3 is 9.80 Å². The monoisotopic (exact) mass is 269 g/mol. The van der Waals surface area contributed by atoms with Crippen molar-refractivity contribution in [2.75, 3.05) is 32.1 Å². The summed E-state index contributed by atoms with van der Waals surface area (Å²) in [6.07, 6.45) is 4.12. The highest BCUT2D eigenvalue weighted by atomic mass is 35.5. The van der Waals surface area contributed by atoms with Crippen LogP contribution in [0.25, 0.3) is 0 Å². The normalized spacial score (nSPS) is 16.9. The number of anilines is 1. The van der Waals surface area contributed by atoms with Gasteiger partial charge in [-0.05, 0) is 45.1 Å². The smallest absolute Gasteiger partial charge is 0.128 e. The molecule has 0 amide bonds. The quantitative estimate of drug-likeness (QED) is 0.821. The zero-order valence-corrected chi connectivity index (χ0v) is 12.6. The molecule has 0 bridgehead atoms. The summed E-state index contributed by atoms with van der Waals surface area (Å²) in [4.78, 5) is 8.99. The lowest BCUT2D eigenvalue weighted by atomic mass is 10.0. The summed E-state index contributed by atoms with van der Waals surface area (Å²) in [6.45, 7) is 6.34. The average Bonchev–Trinajstić information content (AvgIpc) is 2.42. The van der Waals surface area contributed by atoms with Crippen molar-refractivity contribution >= 4 is 17.4 Å². The molecule has 1 aromatic heterocycles. The minimum atomic E-state index is 0.602. The van der Waals surface area contributed by atoms with Crippen LogP contribution < -0.4 is 4.90 Å². The van der Waals surface area contributed by atoms with Crippen molar-refractivity contribution in [3.63, 3.8) is 0 Å². The largest absolute Gasteiger partial charge is 0.357 e. The zero-order valence-electron chi connectivity index (χ0n) is 11.9. The molecule has 4 heteroatoms. The molecular formula is C14H24ClN3. The molecule has 0 aromatic carbocycles. The maximum atomic E-state index is 5.83. The van der Waals surface area contributed by atoms with E-state index < -0.39 is 0 Å². The van der Waals surface area contributed by atoms with E-state index in [1.807, 2.05) is 26.0 Å². The van der Waals surface area contributed by atoms with Crippen LogP contribution in [0.4, 0.5) is 5.82 Å². The molecule has 0 N–H and O–H groups in total. The molecule has 1 aromatic rings. The molecule has 0 unspecified atom stereocenters. The van der Waals surface area contributed by atoms with Crippen LogP contribution in [0, 0.1) is 0 Å². The molecule has 1 aliphatic heterocycles. The van der Waals surface area contributed by atoms with Crippen LogP contribution in [0.5, 0.6) is 0 Å². The van der Waals surface area contributed by atoms with Gasteiger partial charge in [0.2, 0.25) is 0 Å². The van der Waals surface area contributed by atoms with Gasteiger partial charge in [0.25, 0.3) is 0 Å². The first-order valence-electron chi connectivity index (χ1n) is 6.70. The van der Waals surface area contributed by atoms with Crippen molar-refractivity contribution in [3.8, 4) is 0 Å². The van der Waals surface area contributed by atoms with Crippen LogP contribution in [-0.4, -0.2) is 43.1 Å². The molecular weight excluding hydrogens is 246 g/mol. The van der Waals surface area contributed by atoms with Gasteiger partial charge >= 0.3 is 0 Å². The second-order valence-corrected chi connectivity index (χ2v) is 4.92. The maximum absolute atomic E-state index is 5.83. The SMILES string of the molecule is CC.CN1CCC(N(C)c2ccc(Cl)cn2)CC1. The zero-order chi connectivity index (χ0) is 13.5. The molecule has 0 radical (unpaired) electrons. The molecule has 0 atom stereocenters. The van der Waals surface area contributed by atoms with Crippen LogP contribution in [-0.2, 0) is 0 Å². The van der Waals surface area contributed by atoms with Crippen molar-refractivity contribution in [2.24, 2.45) is 0 Å². The van der Waals surface area contributed by atoms with Gasteiger partial charge in [0.05, 0.1) is 5.02 Å². The third-order valence-electron chi connectivity index (χ3n) is 3.31. The average molecular weight is 270 g/mol. The molecule has 0 saturated carbocycles. The number of pyridine rings is 1. The predicted octanol–water partition coefficient (Wildman–Crippen LogP) is 3.29. The van der Waals surface area contributed by atoms with E-state index in [4.69, 9.17) is 11.6 Å². The summed E-state index contributed by atoms with van der Waals surface area (Å²) >= 11 is 5.83. The number of likely N-dealkylation sites (tertiary alicyclic amines) is 1. The second kappa shape index (κ2) is 7.59. The summed E-state index contributed by atoms with van der Waals surface area (Å²) in [5, 5.41) is 0.695. The Bertz CT molecular complexity index is 331. The molecule has 1 fully saturated rings.